The molecule has 3 aromatic rings. The molecule has 0 atom stereocenters. The van der Waals surface area contributed by atoms with E-state index in [0.717, 1.165) is 45.9 Å². The van der Waals surface area contributed by atoms with Crippen molar-refractivity contribution in [3.8, 4) is 11.5 Å². The highest BCUT2D eigenvalue weighted by Crippen LogP contribution is 2.43. The molecule has 0 aliphatic heterocycles. The summed E-state index contributed by atoms with van der Waals surface area (Å²) in [5, 5.41) is 4.10. The van der Waals surface area contributed by atoms with Gasteiger partial charge in [0.2, 0.25) is 0 Å². The van der Waals surface area contributed by atoms with Crippen LogP contribution in [0.25, 0.3) is 21.5 Å². The molecule has 0 heterocycles. The number of hydrogen-bond donors (Lipinski definition) is 0. The van der Waals surface area contributed by atoms with Crippen LogP contribution >= 0.6 is 0 Å². The molecule has 2 nitrogen and oxygen atoms in total. The first-order chi connectivity index (χ1) is 11.7. The van der Waals surface area contributed by atoms with Crippen LogP contribution in [0.1, 0.15) is 25.0 Å². The summed E-state index contributed by atoms with van der Waals surface area (Å²) >= 11 is 0. The molecule has 2 heteroatoms. The highest BCUT2D eigenvalue weighted by molar-refractivity contribution is 6.11. The van der Waals surface area contributed by atoms with Gasteiger partial charge in [0.15, 0.2) is 0 Å². The summed E-state index contributed by atoms with van der Waals surface area (Å²) in [4.78, 5) is 0. The maximum Gasteiger partial charge on any atom is 0.142 e. The summed E-state index contributed by atoms with van der Waals surface area (Å²) in [5.41, 5.74) is 2.51. The summed E-state index contributed by atoms with van der Waals surface area (Å²) in [6, 6.07) is 12.8. The molecule has 0 saturated heterocycles. The van der Waals surface area contributed by atoms with Crippen LogP contribution in [0.4, 0.5) is 0 Å². The Morgan fingerprint density at radius 3 is 1.46 bits per heavy atom. The molecule has 0 fully saturated rings. The smallest absolute Gasteiger partial charge is 0.142 e. The molecule has 3 aromatic carbocycles. The van der Waals surface area contributed by atoms with Gasteiger partial charge in [-0.2, -0.15) is 0 Å². The first-order valence-corrected chi connectivity index (χ1v) is 8.29. The molecule has 0 spiro atoms. The number of fused-ring (bicyclic) bond motifs is 2. The molecule has 0 aromatic heterocycles. The fraction of sp³-hybridized carbons (Fsp3) is 0.182. The molecular weight excluding hydrogens is 296 g/mol. The van der Waals surface area contributed by atoms with E-state index in [9.17, 15) is 0 Å². The third-order valence-corrected chi connectivity index (χ3v) is 4.37. The van der Waals surface area contributed by atoms with Crippen LogP contribution in [0, 0.1) is 0 Å². The van der Waals surface area contributed by atoms with Gasteiger partial charge in [0.05, 0.1) is 12.5 Å². The predicted octanol–water partition coefficient (Wildman–Crippen LogP) is 6.16. The molecule has 122 valence electrons. The Kier molecular flexibility index (Phi) is 4.57. The van der Waals surface area contributed by atoms with Gasteiger partial charge in [0.25, 0.3) is 0 Å². The van der Waals surface area contributed by atoms with E-state index in [1.165, 1.54) is 23.7 Å². The molecule has 0 aliphatic carbocycles. The van der Waals surface area contributed by atoms with Crippen LogP contribution in [0.3, 0.4) is 0 Å². The zero-order valence-corrected chi connectivity index (χ0v) is 14.3. The fourth-order valence-corrected chi connectivity index (χ4v) is 3.11. The summed E-state index contributed by atoms with van der Waals surface area (Å²) in [6.07, 6.45) is 4.89. The summed E-state index contributed by atoms with van der Waals surface area (Å²) in [5.74, 6) is 1.65. The maximum atomic E-state index is 5.82. The van der Waals surface area contributed by atoms with Crippen molar-refractivity contribution in [2.45, 2.75) is 26.7 Å². The molecular formula is C22H22O2. The number of rotatable bonds is 6. The van der Waals surface area contributed by atoms with Gasteiger partial charge in [-0.05, 0) is 36.1 Å². The summed E-state index contributed by atoms with van der Waals surface area (Å²) < 4.78 is 11.6. The summed E-state index contributed by atoms with van der Waals surface area (Å²) in [7, 11) is 0. The van der Waals surface area contributed by atoms with Gasteiger partial charge < -0.3 is 9.47 Å². The van der Waals surface area contributed by atoms with E-state index in [4.69, 9.17) is 9.47 Å². The molecule has 24 heavy (non-hydrogen) atoms. The second-order valence-electron chi connectivity index (χ2n) is 5.69. The second kappa shape index (κ2) is 6.79. The normalized spacial score (nSPS) is 10.8. The molecule has 0 aliphatic rings. The molecule has 0 amide bonds. The Bertz CT molecular complexity index is 845. The zero-order valence-electron chi connectivity index (χ0n) is 14.3. The van der Waals surface area contributed by atoms with Crippen molar-refractivity contribution in [1.82, 2.24) is 0 Å². The topological polar surface area (TPSA) is 18.5 Å². The molecule has 0 bridgehead atoms. The second-order valence-corrected chi connectivity index (χ2v) is 5.69. The van der Waals surface area contributed by atoms with Gasteiger partial charge >= 0.3 is 0 Å². The van der Waals surface area contributed by atoms with Crippen molar-refractivity contribution >= 4 is 21.5 Å². The zero-order chi connectivity index (χ0) is 17.1. The van der Waals surface area contributed by atoms with E-state index in [1.54, 1.807) is 0 Å². The van der Waals surface area contributed by atoms with Gasteiger partial charge in [-0.25, -0.2) is 0 Å². The van der Waals surface area contributed by atoms with E-state index >= 15 is 0 Å². The van der Waals surface area contributed by atoms with Gasteiger partial charge in [-0.15, -0.1) is 0 Å². The highest BCUT2D eigenvalue weighted by atomic mass is 16.5. The number of benzene rings is 3. The van der Waals surface area contributed by atoms with Crippen LogP contribution in [0.5, 0.6) is 11.5 Å². The molecule has 3 rings (SSSR count). The minimum atomic E-state index is 0.823. The number of ether oxygens (including phenoxy) is 2. The van der Waals surface area contributed by atoms with Crippen molar-refractivity contribution < 1.29 is 9.47 Å². The largest absolute Gasteiger partial charge is 0.464 e. The van der Waals surface area contributed by atoms with E-state index < -0.39 is 0 Å². The number of hydrogen-bond acceptors (Lipinski definition) is 2. The third kappa shape index (κ3) is 2.65. The monoisotopic (exact) mass is 318 g/mol. The average Bonchev–Trinajstić information content (AvgIpc) is 2.63. The SMILES string of the molecule is C=COc1c2ccc(CC)cc2c(OC=C)c2ccc(CC)cc12. The maximum absolute atomic E-state index is 5.82. The van der Waals surface area contributed by atoms with Crippen LogP contribution in [-0.4, -0.2) is 0 Å². The van der Waals surface area contributed by atoms with E-state index in [1.807, 2.05) is 0 Å². The number of aryl methyl sites for hydroxylation is 2. The quantitative estimate of drug-likeness (QED) is 0.400. The fourth-order valence-electron chi connectivity index (χ4n) is 3.11. The van der Waals surface area contributed by atoms with E-state index in [0.29, 0.717) is 0 Å². The van der Waals surface area contributed by atoms with E-state index in [-0.39, 0.29) is 0 Å². The van der Waals surface area contributed by atoms with Gasteiger partial charge in [0, 0.05) is 21.5 Å². The standard InChI is InChI=1S/C22H22O2/c1-5-15-9-11-17-19(13-15)21(23-7-3)18-12-10-16(6-2)14-20(18)22(17)24-8-4/h7-14H,3-6H2,1-2H3. The molecule has 0 unspecified atom stereocenters. The Morgan fingerprint density at radius 1 is 0.708 bits per heavy atom. The molecule has 0 N–H and O–H groups in total. The van der Waals surface area contributed by atoms with Gasteiger partial charge in [0.1, 0.15) is 11.5 Å². The minimum absolute atomic E-state index is 0.823. The lowest BCUT2D eigenvalue weighted by Crippen LogP contribution is -1.94. The summed E-state index contributed by atoms with van der Waals surface area (Å²) in [6.45, 7) is 11.8. The van der Waals surface area contributed by atoms with Crippen LogP contribution in [0.15, 0.2) is 62.1 Å². The Balaban J connectivity index is 2.50. The lowest BCUT2D eigenvalue weighted by Gasteiger charge is -2.16. The van der Waals surface area contributed by atoms with Crippen molar-refractivity contribution in [1.29, 1.82) is 0 Å². The Labute approximate surface area is 143 Å². The van der Waals surface area contributed by atoms with Gasteiger partial charge in [-0.1, -0.05) is 51.3 Å². The van der Waals surface area contributed by atoms with Crippen LogP contribution in [-0.2, 0) is 12.8 Å². The van der Waals surface area contributed by atoms with Crippen LogP contribution < -0.4 is 9.47 Å². The van der Waals surface area contributed by atoms with Gasteiger partial charge in [-0.3, -0.25) is 0 Å². The first kappa shape index (κ1) is 16.1. The third-order valence-electron chi connectivity index (χ3n) is 4.37. The predicted molar refractivity (Wildman–Crippen MR) is 102 cm³/mol. The van der Waals surface area contributed by atoms with Crippen LogP contribution in [0.2, 0.25) is 0 Å². The molecule has 0 saturated carbocycles. The Hall–Kier alpha value is -2.74. The highest BCUT2D eigenvalue weighted by Gasteiger charge is 2.16. The molecule has 0 radical (unpaired) electrons. The van der Waals surface area contributed by atoms with Crippen molar-refractivity contribution in [2.75, 3.05) is 0 Å². The van der Waals surface area contributed by atoms with Crippen molar-refractivity contribution in [3.63, 3.8) is 0 Å². The Morgan fingerprint density at radius 2 is 1.12 bits per heavy atom. The minimum Gasteiger partial charge on any atom is -0.464 e. The lowest BCUT2D eigenvalue weighted by atomic mass is 9.96. The lowest BCUT2D eigenvalue weighted by molar-refractivity contribution is 0.486. The van der Waals surface area contributed by atoms with Crippen molar-refractivity contribution in [3.05, 3.63) is 73.2 Å². The van der Waals surface area contributed by atoms with E-state index in [2.05, 4.69) is 63.4 Å². The van der Waals surface area contributed by atoms with Crippen molar-refractivity contribution in [2.24, 2.45) is 0 Å². The average molecular weight is 318 g/mol. The first-order valence-electron chi connectivity index (χ1n) is 8.29.